The first-order valence-electron chi connectivity index (χ1n) is 37.8. The fraction of sp³-hybridized carbons (Fsp3) is 0.0192. The lowest BCUT2D eigenvalue weighted by molar-refractivity contribution is 0.794. The predicted octanol–water partition coefficient (Wildman–Crippen LogP) is 26.7. The third-order valence-corrected chi connectivity index (χ3v) is 26.2. The number of aromatic nitrogens is 4. The van der Waals surface area contributed by atoms with Crippen molar-refractivity contribution in [2.45, 2.75) is 10.8 Å². The highest BCUT2D eigenvalue weighted by atomic mass is 32.1. The van der Waals surface area contributed by atoms with E-state index >= 15 is 0 Å². The molecule has 17 aromatic carbocycles. The average Bonchev–Trinajstić information content (AvgIpc) is 1.50. The molecule has 21 aromatic rings. The van der Waals surface area contributed by atoms with Crippen molar-refractivity contribution in [3.05, 3.63) is 408 Å². The Hall–Kier alpha value is -13.8. The molecule has 0 atom stereocenters. The van der Waals surface area contributed by atoms with Gasteiger partial charge >= 0.3 is 0 Å². The first-order chi connectivity index (χ1) is 54.1. The van der Waals surface area contributed by atoms with E-state index in [9.17, 15) is 0 Å². The van der Waals surface area contributed by atoms with Gasteiger partial charge in [-0.3, -0.25) is 0 Å². The molecule has 0 bridgehead atoms. The molecule has 0 unspecified atom stereocenters. The van der Waals surface area contributed by atoms with Gasteiger partial charge in [-0.2, -0.15) is 0 Å². The van der Waals surface area contributed by atoms with E-state index in [-0.39, 0.29) is 0 Å². The zero-order valence-corrected chi connectivity index (χ0v) is 59.7. The van der Waals surface area contributed by atoms with Crippen molar-refractivity contribution in [3.63, 3.8) is 0 Å². The van der Waals surface area contributed by atoms with Crippen LogP contribution in [0.1, 0.15) is 44.5 Å². The Bertz CT molecular complexity index is 7000. The van der Waals surface area contributed by atoms with Crippen molar-refractivity contribution in [1.82, 2.24) is 19.1 Å². The minimum atomic E-state index is -0.561. The number of benzene rings is 17. The fourth-order valence-corrected chi connectivity index (χ4v) is 22.1. The largest absolute Gasteiger partial charge is 0.309 e. The molecule has 0 amide bonds. The summed E-state index contributed by atoms with van der Waals surface area (Å²) in [4.78, 5) is 15.1. The minimum absolute atomic E-state index is 0.561. The molecular weight excluding hydrogens is 1340 g/mol. The summed E-state index contributed by atoms with van der Waals surface area (Å²) in [6, 6.07) is 137. The zero-order valence-electron chi connectivity index (χ0n) is 58.8. The molecule has 0 N–H and O–H groups in total. The lowest BCUT2D eigenvalue weighted by Gasteiger charge is -2.30. The fourth-order valence-electron chi connectivity index (χ4n) is 20.8. The highest BCUT2D eigenvalue weighted by Crippen LogP contribution is 2.67. The maximum Gasteiger partial charge on any atom is 0.109 e. The number of thiophene rings is 1. The van der Waals surface area contributed by atoms with Gasteiger partial charge in [0.1, 0.15) is 11.0 Å². The second kappa shape index (κ2) is 21.9. The van der Waals surface area contributed by atoms with E-state index in [1.54, 1.807) is 0 Å². The van der Waals surface area contributed by atoms with Crippen LogP contribution in [0, 0.1) is 0 Å². The van der Waals surface area contributed by atoms with Crippen LogP contribution in [0.5, 0.6) is 0 Å². The Morgan fingerprint density at radius 3 is 0.835 bits per heavy atom. The third-order valence-electron chi connectivity index (χ3n) is 25.0. The molecule has 109 heavy (non-hydrogen) atoms. The van der Waals surface area contributed by atoms with Crippen molar-refractivity contribution in [2.75, 3.05) is 0 Å². The van der Waals surface area contributed by atoms with Gasteiger partial charge in [0.05, 0.1) is 65.1 Å². The van der Waals surface area contributed by atoms with Crippen LogP contribution in [0.4, 0.5) is 0 Å². The second-order valence-corrected chi connectivity index (χ2v) is 30.9. The second-order valence-electron chi connectivity index (χ2n) is 29.9. The zero-order chi connectivity index (χ0) is 71.0. The Kier molecular flexibility index (Phi) is 11.9. The molecule has 2 spiro atoms. The molecule has 502 valence electrons. The van der Waals surface area contributed by atoms with Crippen LogP contribution >= 0.6 is 11.3 Å². The monoisotopic (exact) mass is 1400 g/mol. The smallest absolute Gasteiger partial charge is 0.109 e. The van der Waals surface area contributed by atoms with Gasteiger partial charge in [0.15, 0.2) is 0 Å². The summed E-state index contributed by atoms with van der Waals surface area (Å²) in [6.07, 6.45) is 0. The van der Waals surface area contributed by atoms with Gasteiger partial charge in [-0.15, -0.1) is 11.3 Å². The summed E-state index contributed by atoms with van der Waals surface area (Å²) in [5.74, 6) is 0. The van der Waals surface area contributed by atoms with E-state index in [1.165, 1.54) is 133 Å². The number of fused-ring (bicyclic) bond motifs is 33. The van der Waals surface area contributed by atoms with Crippen molar-refractivity contribution in [3.8, 4) is 99.0 Å². The van der Waals surface area contributed by atoms with E-state index < -0.39 is 10.8 Å². The molecule has 0 radical (unpaired) electrons. The number of nitrogens with zero attached hydrogens (tertiary/aromatic N) is 4. The molecule has 0 saturated carbocycles. The van der Waals surface area contributed by atoms with E-state index in [0.29, 0.717) is 0 Å². The van der Waals surface area contributed by atoms with E-state index in [0.717, 1.165) is 98.1 Å². The Balaban J connectivity index is 0.814. The van der Waals surface area contributed by atoms with Gasteiger partial charge in [-0.25, -0.2) is 9.97 Å². The van der Waals surface area contributed by atoms with Crippen molar-refractivity contribution in [2.24, 2.45) is 0 Å². The summed E-state index contributed by atoms with van der Waals surface area (Å²) >= 11 is 1.86. The number of hydrogen-bond acceptors (Lipinski definition) is 3. The number of hydrogen-bond donors (Lipinski definition) is 0. The Morgan fingerprint density at radius 1 is 0.202 bits per heavy atom. The molecule has 0 fully saturated rings. The maximum atomic E-state index is 6.45. The van der Waals surface area contributed by atoms with Gasteiger partial charge < -0.3 is 9.13 Å². The van der Waals surface area contributed by atoms with Crippen LogP contribution in [0.2, 0.25) is 0 Å². The quantitative estimate of drug-likeness (QED) is 0.156. The first-order valence-corrected chi connectivity index (χ1v) is 38.6. The van der Waals surface area contributed by atoms with E-state index in [4.69, 9.17) is 9.97 Å². The lowest BCUT2D eigenvalue weighted by Crippen LogP contribution is -2.25. The molecule has 5 heteroatoms. The molecule has 4 aromatic heterocycles. The van der Waals surface area contributed by atoms with Crippen LogP contribution in [0.3, 0.4) is 0 Å². The normalized spacial score (nSPS) is 13.7. The van der Waals surface area contributed by atoms with E-state index in [2.05, 4.69) is 373 Å². The summed E-state index contributed by atoms with van der Waals surface area (Å²) in [5.41, 5.74) is 36.5. The molecule has 4 nitrogen and oxygen atoms in total. The van der Waals surface area contributed by atoms with E-state index in [1.807, 2.05) is 11.3 Å². The Morgan fingerprint density at radius 2 is 0.477 bits per heavy atom. The predicted molar refractivity (Wildman–Crippen MR) is 453 cm³/mol. The van der Waals surface area contributed by atoms with Gasteiger partial charge in [0.2, 0.25) is 0 Å². The van der Waals surface area contributed by atoms with Gasteiger partial charge in [-0.05, 0) is 159 Å². The summed E-state index contributed by atoms with van der Waals surface area (Å²) in [7, 11) is 0. The van der Waals surface area contributed by atoms with Crippen molar-refractivity contribution >= 4 is 98.6 Å². The molecule has 4 aliphatic carbocycles. The highest BCUT2D eigenvalue weighted by molar-refractivity contribution is 7.21. The summed E-state index contributed by atoms with van der Waals surface area (Å²) < 4.78 is 4.91. The molecular formula is C104H60N4S. The maximum absolute atomic E-state index is 6.45. The van der Waals surface area contributed by atoms with Crippen LogP contribution in [0.15, 0.2) is 364 Å². The third kappa shape index (κ3) is 7.61. The lowest BCUT2D eigenvalue weighted by atomic mass is 9.70. The van der Waals surface area contributed by atoms with Gasteiger partial charge in [-0.1, -0.05) is 315 Å². The van der Waals surface area contributed by atoms with Gasteiger partial charge in [0.25, 0.3) is 0 Å². The Labute approximate surface area is 631 Å². The van der Waals surface area contributed by atoms with Crippen LogP contribution in [-0.2, 0) is 10.8 Å². The van der Waals surface area contributed by atoms with Crippen LogP contribution in [-0.4, -0.2) is 19.1 Å². The summed E-state index contributed by atoms with van der Waals surface area (Å²) in [6.45, 7) is 0. The van der Waals surface area contributed by atoms with Gasteiger partial charge in [0, 0.05) is 54.6 Å². The standard InChI is InChI=1S/C104H60N4S/c1-13-41-81-67(29-1)68-30-2-14-42-82(68)103(81)85-45-17-5-37-75(85)95-77(39-25-47-87(95)103)101-99-100(102(109-101)78-40-26-48-88-96(78)76-38-6-18-46-86(76)104(88)83-43-15-3-31-69(83)70-32-4-16-44-84(70)104)106-98-80-60-62(64-28-8-20-50-90(64)108-93-53-23-11-35-73(93)74-36-12-24-54-94(74)108)56-58-66(80)65-57-55-61(59-79(65)97(98)105-99)63-27-7-19-49-89(63)107-91-51-21-9-33-71(91)72-34-10-22-52-92(72)107/h1-60H. The SMILES string of the molecule is c1ccc(-n2c3ccccc3c3ccccc32)c(-c2ccc3c4ccc(-c5ccccc5-n5c6ccccc6c6ccccc65)cc4c4nc5c(-c6cccc7c6-c6ccccc6C76c7ccccc7-c7ccccc76)sc(-c6cccc7c6-c6ccccc6C76c7ccccc7-c7ccccc76)c5nc4c3c2)c1. The van der Waals surface area contributed by atoms with Crippen molar-refractivity contribution in [1.29, 1.82) is 0 Å². The van der Waals surface area contributed by atoms with Crippen LogP contribution in [0.25, 0.3) is 186 Å². The number of para-hydroxylation sites is 6. The van der Waals surface area contributed by atoms with Crippen LogP contribution < -0.4 is 0 Å². The number of rotatable bonds is 6. The summed E-state index contributed by atoms with van der Waals surface area (Å²) in [5, 5.41) is 9.22. The minimum Gasteiger partial charge on any atom is -0.309 e. The molecule has 0 saturated heterocycles. The molecule has 25 rings (SSSR count). The topological polar surface area (TPSA) is 35.6 Å². The first kappa shape index (κ1) is 59.4. The highest BCUT2D eigenvalue weighted by Gasteiger charge is 2.54. The molecule has 0 aliphatic heterocycles. The average molecular weight is 1400 g/mol. The van der Waals surface area contributed by atoms with Crippen molar-refractivity contribution < 1.29 is 0 Å². The molecule has 4 heterocycles. The molecule has 4 aliphatic rings.